The molecule has 2 heterocycles. The molecule has 0 aliphatic carbocycles. The van der Waals surface area contributed by atoms with E-state index in [1.54, 1.807) is 47.9 Å². The minimum absolute atomic E-state index is 0.0422. The molecule has 1 aliphatic rings. The van der Waals surface area contributed by atoms with Crippen LogP contribution in [-0.4, -0.2) is 59.6 Å². The van der Waals surface area contributed by atoms with Gasteiger partial charge in [-0.3, -0.25) is 9.59 Å². The Morgan fingerprint density at radius 3 is 2.31 bits per heavy atom. The fraction of sp³-hybridized carbons (Fsp3) is 0.389. The quantitative estimate of drug-likeness (QED) is 0.817. The number of hydrogen-bond donors (Lipinski definition) is 0. The summed E-state index contributed by atoms with van der Waals surface area (Å²) in [6, 6.07) is 6.85. The lowest BCUT2D eigenvalue weighted by Crippen LogP contribution is -2.51. The van der Waals surface area contributed by atoms with Gasteiger partial charge in [-0.1, -0.05) is 16.8 Å². The van der Waals surface area contributed by atoms with Crippen LogP contribution in [0.5, 0.6) is 5.75 Å². The number of carbonyl (C=O) groups excluding carboxylic acids is 2. The van der Waals surface area contributed by atoms with Crippen LogP contribution in [-0.2, 0) is 4.79 Å². The first kappa shape index (κ1) is 18.3. The Morgan fingerprint density at radius 2 is 1.73 bits per heavy atom. The Hall–Kier alpha value is -2.54. The summed E-state index contributed by atoms with van der Waals surface area (Å²) in [7, 11) is 0. The number of aromatic nitrogens is 1. The largest absolute Gasteiger partial charge is 0.484 e. The molecule has 0 unspecified atom stereocenters. The number of rotatable bonds is 4. The molecular formula is C18H20ClN3O4. The lowest BCUT2D eigenvalue weighted by molar-refractivity contribution is -0.134. The Morgan fingerprint density at radius 1 is 1.12 bits per heavy atom. The summed E-state index contributed by atoms with van der Waals surface area (Å²) in [4.78, 5) is 28.3. The van der Waals surface area contributed by atoms with Crippen LogP contribution >= 0.6 is 11.6 Å². The zero-order chi connectivity index (χ0) is 18.7. The summed E-state index contributed by atoms with van der Waals surface area (Å²) in [5.41, 5.74) is 1.10. The molecule has 1 fully saturated rings. The van der Waals surface area contributed by atoms with Gasteiger partial charge in [-0.25, -0.2) is 0 Å². The van der Waals surface area contributed by atoms with Crippen molar-refractivity contribution in [3.63, 3.8) is 0 Å². The Balaban J connectivity index is 1.50. The van der Waals surface area contributed by atoms with Gasteiger partial charge >= 0.3 is 0 Å². The number of amides is 2. The van der Waals surface area contributed by atoms with Crippen LogP contribution in [0.1, 0.15) is 21.8 Å². The fourth-order valence-corrected chi connectivity index (χ4v) is 3.00. The first-order valence-corrected chi connectivity index (χ1v) is 8.72. The van der Waals surface area contributed by atoms with E-state index < -0.39 is 0 Å². The third-order valence-corrected chi connectivity index (χ3v) is 4.59. The van der Waals surface area contributed by atoms with E-state index in [2.05, 4.69) is 5.16 Å². The molecule has 0 N–H and O–H groups in total. The highest BCUT2D eigenvalue weighted by atomic mass is 35.5. The molecule has 2 amide bonds. The Kier molecular flexibility index (Phi) is 5.46. The van der Waals surface area contributed by atoms with Crippen molar-refractivity contribution in [2.45, 2.75) is 13.8 Å². The zero-order valence-corrected chi connectivity index (χ0v) is 15.5. The van der Waals surface area contributed by atoms with Gasteiger partial charge in [-0.05, 0) is 38.1 Å². The van der Waals surface area contributed by atoms with Gasteiger partial charge < -0.3 is 19.1 Å². The molecule has 0 bridgehead atoms. The summed E-state index contributed by atoms with van der Waals surface area (Å²) >= 11 is 5.82. The second-order valence-electron chi connectivity index (χ2n) is 6.11. The predicted octanol–water partition coefficient (Wildman–Crippen LogP) is 2.31. The Bertz CT molecular complexity index is 776. The van der Waals surface area contributed by atoms with E-state index in [9.17, 15) is 9.59 Å². The smallest absolute Gasteiger partial charge is 0.260 e. The summed E-state index contributed by atoms with van der Waals surface area (Å²) < 4.78 is 10.6. The summed E-state index contributed by atoms with van der Waals surface area (Å²) in [6.45, 7) is 5.30. The van der Waals surface area contributed by atoms with Gasteiger partial charge in [0, 0.05) is 31.2 Å². The zero-order valence-electron chi connectivity index (χ0n) is 14.7. The van der Waals surface area contributed by atoms with Crippen LogP contribution in [0.15, 0.2) is 28.8 Å². The molecular weight excluding hydrogens is 358 g/mol. The number of benzene rings is 1. The molecule has 1 saturated heterocycles. The summed E-state index contributed by atoms with van der Waals surface area (Å²) in [5.74, 6) is 0.896. The Labute approximate surface area is 156 Å². The molecule has 0 saturated carbocycles. The van der Waals surface area contributed by atoms with Crippen LogP contribution < -0.4 is 4.74 Å². The number of halogens is 1. The molecule has 1 aromatic carbocycles. The molecule has 0 atom stereocenters. The maximum absolute atomic E-state index is 12.6. The first-order chi connectivity index (χ1) is 12.5. The van der Waals surface area contributed by atoms with Crippen LogP contribution in [0.3, 0.4) is 0 Å². The van der Waals surface area contributed by atoms with Crippen molar-refractivity contribution < 1.29 is 18.8 Å². The molecule has 26 heavy (non-hydrogen) atoms. The van der Waals surface area contributed by atoms with Crippen molar-refractivity contribution >= 4 is 23.4 Å². The third kappa shape index (κ3) is 3.99. The molecule has 2 aromatic rings. The van der Waals surface area contributed by atoms with Crippen molar-refractivity contribution in [1.82, 2.24) is 15.0 Å². The number of aryl methyl sites for hydroxylation is 2. The van der Waals surface area contributed by atoms with Crippen molar-refractivity contribution in [1.29, 1.82) is 0 Å². The normalized spacial score (nSPS) is 14.4. The second-order valence-corrected chi connectivity index (χ2v) is 6.55. The van der Waals surface area contributed by atoms with E-state index in [0.717, 1.165) is 0 Å². The average molecular weight is 378 g/mol. The highest BCUT2D eigenvalue weighted by molar-refractivity contribution is 6.30. The van der Waals surface area contributed by atoms with Crippen molar-refractivity contribution in [3.05, 3.63) is 46.3 Å². The van der Waals surface area contributed by atoms with Gasteiger partial charge in [-0.15, -0.1) is 0 Å². The predicted molar refractivity (Wildman–Crippen MR) is 95.4 cm³/mol. The molecule has 8 heteroatoms. The second kappa shape index (κ2) is 7.78. The van der Waals surface area contributed by atoms with Gasteiger partial charge in [0.2, 0.25) is 0 Å². The highest BCUT2D eigenvalue weighted by Crippen LogP contribution is 2.17. The van der Waals surface area contributed by atoms with Crippen LogP contribution in [0.25, 0.3) is 0 Å². The topological polar surface area (TPSA) is 75.9 Å². The van der Waals surface area contributed by atoms with E-state index in [1.807, 2.05) is 0 Å². The lowest BCUT2D eigenvalue weighted by Gasteiger charge is -2.34. The van der Waals surface area contributed by atoms with E-state index in [0.29, 0.717) is 54.0 Å². The monoisotopic (exact) mass is 377 g/mol. The van der Waals surface area contributed by atoms with Crippen LogP contribution in [0, 0.1) is 13.8 Å². The number of piperazine rings is 1. The van der Waals surface area contributed by atoms with E-state index >= 15 is 0 Å². The average Bonchev–Trinajstić information content (AvgIpc) is 2.99. The molecule has 1 aliphatic heterocycles. The van der Waals surface area contributed by atoms with Gasteiger partial charge in [0.25, 0.3) is 11.8 Å². The van der Waals surface area contributed by atoms with Gasteiger partial charge in [-0.2, -0.15) is 0 Å². The van der Waals surface area contributed by atoms with Crippen LogP contribution in [0.2, 0.25) is 5.02 Å². The molecule has 138 valence electrons. The molecule has 1 aromatic heterocycles. The molecule has 0 radical (unpaired) electrons. The number of nitrogens with zero attached hydrogens (tertiary/aromatic N) is 3. The maximum atomic E-state index is 12.6. The highest BCUT2D eigenvalue weighted by Gasteiger charge is 2.28. The molecule has 7 nitrogen and oxygen atoms in total. The fourth-order valence-electron chi connectivity index (χ4n) is 2.87. The maximum Gasteiger partial charge on any atom is 0.260 e. The molecule has 0 spiro atoms. The third-order valence-electron chi connectivity index (χ3n) is 4.34. The van der Waals surface area contributed by atoms with Gasteiger partial charge in [0.15, 0.2) is 6.61 Å². The summed E-state index contributed by atoms with van der Waals surface area (Å²) in [6.07, 6.45) is 0. The van der Waals surface area contributed by atoms with Gasteiger partial charge in [0.1, 0.15) is 17.1 Å². The number of ether oxygens (including phenoxy) is 1. The van der Waals surface area contributed by atoms with Crippen molar-refractivity contribution in [2.75, 3.05) is 32.8 Å². The van der Waals surface area contributed by atoms with E-state index in [4.69, 9.17) is 20.9 Å². The van der Waals surface area contributed by atoms with Gasteiger partial charge in [0.05, 0.1) is 5.69 Å². The van der Waals surface area contributed by atoms with Crippen molar-refractivity contribution in [2.24, 2.45) is 0 Å². The van der Waals surface area contributed by atoms with E-state index in [1.165, 1.54) is 0 Å². The molecule has 3 rings (SSSR count). The van der Waals surface area contributed by atoms with Crippen LogP contribution in [0.4, 0.5) is 0 Å². The van der Waals surface area contributed by atoms with Crippen molar-refractivity contribution in [3.8, 4) is 5.75 Å². The summed E-state index contributed by atoms with van der Waals surface area (Å²) in [5, 5.41) is 4.44. The minimum Gasteiger partial charge on any atom is -0.484 e. The minimum atomic E-state index is -0.107. The standard InChI is InChI=1S/C18H20ClN3O4/c1-12-17(13(2)26-20-12)18(24)22-9-7-21(8-10-22)16(23)11-25-15-5-3-14(19)4-6-15/h3-6H,7-11H2,1-2H3. The first-order valence-electron chi connectivity index (χ1n) is 8.34. The van der Waals surface area contributed by atoms with E-state index in [-0.39, 0.29) is 18.4 Å². The number of hydrogen-bond acceptors (Lipinski definition) is 5. The number of carbonyl (C=O) groups is 2. The SMILES string of the molecule is Cc1noc(C)c1C(=O)N1CCN(C(=O)COc2ccc(Cl)cc2)CC1. The lowest BCUT2D eigenvalue weighted by atomic mass is 10.1.